The number of aliphatic hydroxyl groups is 1. The maximum atomic E-state index is 10.4. The van der Waals surface area contributed by atoms with E-state index in [4.69, 9.17) is 15.2 Å². The zero-order valence-electron chi connectivity index (χ0n) is 11.0. The average Bonchev–Trinajstić information content (AvgIpc) is 2.54. The fourth-order valence-corrected chi connectivity index (χ4v) is 2.31. The third-order valence-electron chi connectivity index (χ3n) is 3.43. The molecule has 0 aliphatic carbocycles. The first-order valence-electron chi connectivity index (χ1n) is 6.64. The van der Waals surface area contributed by atoms with Gasteiger partial charge in [0.1, 0.15) is 13.2 Å². The van der Waals surface area contributed by atoms with Crippen molar-refractivity contribution < 1.29 is 14.6 Å². The molecule has 1 heterocycles. The first kappa shape index (κ1) is 13.0. The van der Waals surface area contributed by atoms with Crippen LogP contribution in [0.25, 0.3) is 0 Å². The van der Waals surface area contributed by atoms with Crippen LogP contribution in [0.1, 0.15) is 23.3 Å². The van der Waals surface area contributed by atoms with E-state index in [1.807, 2.05) is 42.5 Å². The maximum absolute atomic E-state index is 10.4. The quantitative estimate of drug-likeness (QED) is 0.898. The Morgan fingerprint density at radius 1 is 0.900 bits per heavy atom. The number of aliphatic hydroxyl groups excluding tert-OH is 1. The standard InChI is InChI=1S/C16H17NO3/c17-15(11-4-2-1-3-5-11)16(18)12-6-7-13-14(10-12)20-9-8-19-13/h1-7,10,15-16,18H,8-9,17H2. The number of rotatable bonds is 3. The van der Waals surface area contributed by atoms with Gasteiger partial charge in [0.05, 0.1) is 12.1 Å². The SMILES string of the molecule is NC(c1ccccc1)C(O)c1ccc2c(c1)OCCO2. The number of nitrogens with two attached hydrogens (primary N) is 1. The summed E-state index contributed by atoms with van der Waals surface area (Å²) in [5.41, 5.74) is 7.75. The van der Waals surface area contributed by atoms with Crippen molar-refractivity contribution in [2.45, 2.75) is 12.1 Å². The molecule has 3 N–H and O–H groups in total. The minimum absolute atomic E-state index is 0.473. The first-order chi connectivity index (χ1) is 9.75. The van der Waals surface area contributed by atoms with Crippen molar-refractivity contribution in [2.24, 2.45) is 5.73 Å². The van der Waals surface area contributed by atoms with Crippen LogP contribution in [0.5, 0.6) is 11.5 Å². The van der Waals surface area contributed by atoms with Crippen molar-refractivity contribution in [3.05, 3.63) is 59.7 Å². The summed E-state index contributed by atoms with van der Waals surface area (Å²) in [4.78, 5) is 0. The molecule has 0 fully saturated rings. The molecule has 0 radical (unpaired) electrons. The lowest BCUT2D eigenvalue weighted by Gasteiger charge is -2.23. The van der Waals surface area contributed by atoms with Gasteiger partial charge in [0, 0.05) is 0 Å². The van der Waals surface area contributed by atoms with Gasteiger partial charge in [-0.15, -0.1) is 0 Å². The molecule has 0 aromatic heterocycles. The van der Waals surface area contributed by atoms with E-state index < -0.39 is 12.1 Å². The Hall–Kier alpha value is -2.04. The molecule has 2 aromatic rings. The van der Waals surface area contributed by atoms with E-state index in [1.54, 1.807) is 6.07 Å². The maximum Gasteiger partial charge on any atom is 0.161 e. The van der Waals surface area contributed by atoms with Crippen molar-refractivity contribution in [1.29, 1.82) is 0 Å². The Balaban J connectivity index is 1.85. The fraction of sp³-hybridized carbons (Fsp3) is 0.250. The van der Waals surface area contributed by atoms with Gasteiger partial charge in [-0.2, -0.15) is 0 Å². The van der Waals surface area contributed by atoms with Gasteiger partial charge in [-0.25, -0.2) is 0 Å². The molecule has 2 aromatic carbocycles. The zero-order valence-corrected chi connectivity index (χ0v) is 11.0. The molecule has 4 heteroatoms. The normalized spacial score (nSPS) is 16.5. The van der Waals surface area contributed by atoms with Crippen LogP contribution in [-0.4, -0.2) is 18.3 Å². The van der Waals surface area contributed by atoms with Crippen molar-refractivity contribution >= 4 is 0 Å². The molecule has 1 aliphatic rings. The predicted octanol–water partition coefficient (Wildman–Crippen LogP) is 2.19. The highest BCUT2D eigenvalue weighted by Gasteiger charge is 2.21. The molecule has 20 heavy (non-hydrogen) atoms. The number of ether oxygens (including phenoxy) is 2. The lowest BCUT2D eigenvalue weighted by Crippen LogP contribution is -2.20. The van der Waals surface area contributed by atoms with Crippen LogP contribution in [-0.2, 0) is 0 Å². The number of hydrogen-bond donors (Lipinski definition) is 2. The monoisotopic (exact) mass is 271 g/mol. The fourth-order valence-electron chi connectivity index (χ4n) is 2.31. The molecule has 0 spiro atoms. The summed E-state index contributed by atoms with van der Waals surface area (Å²) in [6.45, 7) is 1.08. The van der Waals surface area contributed by atoms with Crippen molar-refractivity contribution in [1.82, 2.24) is 0 Å². The van der Waals surface area contributed by atoms with E-state index >= 15 is 0 Å². The summed E-state index contributed by atoms with van der Waals surface area (Å²) in [6.07, 6.45) is -0.784. The molecular formula is C16H17NO3. The molecule has 104 valence electrons. The lowest BCUT2D eigenvalue weighted by molar-refractivity contribution is 0.143. The second kappa shape index (κ2) is 5.53. The van der Waals surface area contributed by atoms with Crippen LogP contribution in [0.3, 0.4) is 0 Å². The summed E-state index contributed by atoms with van der Waals surface area (Å²) in [5, 5.41) is 10.4. The zero-order chi connectivity index (χ0) is 13.9. The summed E-state index contributed by atoms with van der Waals surface area (Å²) in [5.74, 6) is 1.37. The van der Waals surface area contributed by atoms with Crippen LogP contribution in [0.15, 0.2) is 48.5 Å². The third kappa shape index (κ3) is 2.48. The van der Waals surface area contributed by atoms with Gasteiger partial charge < -0.3 is 20.3 Å². The topological polar surface area (TPSA) is 64.7 Å². The summed E-state index contributed by atoms with van der Waals surface area (Å²) in [7, 11) is 0. The van der Waals surface area contributed by atoms with E-state index in [9.17, 15) is 5.11 Å². The number of benzene rings is 2. The van der Waals surface area contributed by atoms with E-state index in [1.165, 1.54) is 0 Å². The van der Waals surface area contributed by atoms with Crippen molar-refractivity contribution in [2.75, 3.05) is 13.2 Å². The van der Waals surface area contributed by atoms with Gasteiger partial charge in [-0.3, -0.25) is 0 Å². The van der Waals surface area contributed by atoms with E-state index in [2.05, 4.69) is 0 Å². The molecule has 2 atom stereocenters. The number of hydrogen-bond acceptors (Lipinski definition) is 4. The molecule has 0 saturated carbocycles. The van der Waals surface area contributed by atoms with E-state index in [-0.39, 0.29) is 0 Å². The highest BCUT2D eigenvalue weighted by atomic mass is 16.6. The van der Waals surface area contributed by atoms with Gasteiger partial charge in [0.25, 0.3) is 0 Å². The summed E-state index contributed by atoms with van der Waals surface area (Å²) >= 11 is 0. The van der Waals surface area contributed by atoms with Crippen LogP contribution >= 0.6 is 0 Å². The largest absolute Gasteiger partial charge is 0.486 e. The smallest absolute Gasteiger partial charge is 0.161 e. The first-order valence-corrected chi connectivity index (χ1v) is 6.64. The minimum atomic E-state index is -0.784. The van der Waals surface area contributed by atoms with Crippen LogP contribution in [0, 0.1) is 0 Å². The lowest BCUT2D eigenvalue weighted by atomic mass is 9.96. The second-order valence-electron chi connectivity index (χ2n) is 4.78. The van der Waals surface area contributed by atoms with Crippen molar-refractivity contribution in [3.63, 3.8) is 0 Å². The minimum Gasteiger partial charge on any atom is -0.486 e. The average molecular weight is 271 g/mol. The Morgan fingerprint density at radius 3 is 2.35 bits per heavy atom. The molecule has 0 amide bonds. The Kier molecular flexibility index (Phi) is 3.58. The predicted molar refractivity (Wildman–Crippen MR) is 75.8 cm³/mol. The van der Waals surface area contributed by atoms with Crippen LogP contribution < -0.4 is 15.2 Å². The highest BCUT2D eigenvalue weighted by molar-refractivity contribution is 5.45. The molecule has 0 saturated heterocycles. The molecule has 3 rings (SSSR count). The van der Waals surface area contributed by atoms with Crippen LogP contribution in [0.4, 0.5) is 0 Å². The van der Waals surface area contributed by atoms with Gasteiger partial charge in [0.15, 0.2) is 11.5 Å². The van der Waals surface area contributed by atoms with Gasteiger partial charge in [-0.1, -0.05) is 36.4 Å². The summed E-state index contributed by atoms with van der Waals surface area (Å²) in [6, 6.07) is 14.5. The molecular weight excluding hydrogens is 254 g/mol. The van der Waals surface area contributed by atoms with Gasteiger partial charge in [0.2, 0.25) is 0 Å². The van der Waals surface area contributed by atoms with Crippen LogP contribution in [0.2, 0.25) is 0 Å². The number of fused-ring (bicyclic) bond motifs is 1. The Morgan fingerprint density at radius 2 is 1.60 bits per heavy atom. The van der Waals surface area contributed by atoms with Gasteiger partial charge in [-0.05, 0) is 23.3 Å². The molecule has 1 aliphatic heterocycles. The van der Waals surface area contributed by atoms with E-state index in [0.29, 0.717) is 24.7 Å². The van der Waals surface area contributed by atoms with Gasteiger partial charge >= 0.3 is 0 Å². The molecule has 0 bridgehead atoms. The second-order valence-corrected chi connectivity index (χ2v) is 4.78. The van der Waals surface area contributed by atoms with E-state index in [0.717, 1.165) is 11.1 Å². The Labute approximate surface area is 117 Å². The molecule has 2 unspecified atom stereocenters. The Bertz CT molecular complexity index is 586. The van der Waals surface area contributed by atoms with Crippen molar-refractivity contribution in [3.8, 4) is 11.5 Å². The summed E-state index contributed by atoms with van der Waals surface area (Å²) < 4.78 is 11.0. The molecule has 4 nitrogen and oxygen atoms in total. The highest BCUT2D eigenvalue weighted by Crippen LogP contribution is 2.35. The third-order valence-corrected chi connectivity index (χ3v) is 3.43.